The summed E-state index contributed by atoms with van der Waals surface area (Å²) in [5.41, 5.74) is 4.29. The Morgan fingerprint density at radius 3 is 2.58 bits per heavy atom. The molecule has 2 aromatic heterocycles. The summed E-state index contributed by atoms with van der Waals surface area (Å²) in [6, 6.07) is 22.8. The minimum absolute atomic E-state index is 0.0271. The number of nitrogens with zero attached hydrogens (tertiary/aromatic N) is 5. The van der Waals surface area contributed by atoms with Gasteiger partial charge in [0.25, 0.3) is 0 Å². The van der Waals surface area contributed by atoms with E-state index in [9.17, 15) is 4.79 Å². The molecule has 196 valence electrons. The van der Waals surface area contributed by atoms with Crippen LogP contribution in [0.3, 0.4) is 0 Å². The average molecular weight is 571 g/mol. The zero-order valence-electron chi connectivity index (χ0n) is 22.3. The predicted octanol–water partition coefficient (Wildman–Crippen LogP) is 3.85. The van der Waals surface area contributed by atoms with Crippen LogP contribution in [-0.2, 0) is 19.5 Å². The van der Waals surface area contributed by atoms with Crippen molar-refractivity contribution in [2.75, 3.05) is 11.4 Å². The summed E-state index contributed by atoms with van der Waals surface area (Å²) in [6.45, 7) is 8.98. The Kier molecular flexibility index (Phi) is 8.35. The fourth-order valence-corrected chi connectivity index (χ4v) is 7.08. The van der Waals surface area contributed by atoms with Crippen LogP contribution in [-0.4, -0.2) is 47.9 Å². The number of hydrogen-bond donors (Lipinski definition) is 1. The first-order valence-corrected chi connectivity index (χ1v) is 15.6. The zero-order valence-corrected chi connectivity index (χ0v) is 24.4. The van der Waals surface area contributed by atoms with Crippen molar-refractivity contribution < 1.29 is 0 Å². The van der Waals surface area contributed by atoms with Gasteiger partial charge in [-0.2, -0.15) is 0 Å². The number of rotatable bonds is 9. The van der Waals surface area contributed by atoms with E-state index in [2.05, 4.69) is 60.2 Å². The predicted molar refractivity (Wildman–Crippen MR) is 156 cm³/mol. The summed E-state index contributed by atoms with van der Waals surface area (Å²) in [5.74, 6) is 1.48. The molecule has 0 saturated heterocycles. The molecule has 0 aliphatic carbocycles. The first-order chi connectivity index (χ1) is 18.5. The Morgan fingerprint density at radius 2 is 1.76 bits per heavy atom. The molecular weight excluding hydrogens is 535 g/mol. The molecule has 38 heavy (non-hydrogen) atoms. The van der Waals surface area contributed by atoms with Crippen LogP contribution >= 0.6 is 0 Å². The molecule has 2 aromatic carbocycles. The van der Waals surface area contributed by atoms with E-state index < -0.39 is 15.8 Å². The van der Waals surface area contributed by atoms with Crippen LogP contribution in [0.5, 0.6) is 0 Å². The van der Waals surface area contributed by atoms with E-state index in [1.165, 1.54) is 11.1 Å². The Hall–Kier alpha value is -3.28. The Labute approximate surface area is 231 Å². The SMILES string of the molecule is CC(C)NCc1cccc(CC(C)[AsH]c2nccc(N3CCCn4c3nc(-c3ccccc3)cc4=O)n2)c1. The molecule has 0 amide bonds. The quantitative estimate of drug-likeness (QED) is 0.308. The first-order valence-electron chi connectivity index (χ1n) is 13.3. The van der Waals surface area contributed by atoms with Crippen molar-refractivity contribution >= 4 is 32.1 Å². The van der Waals surface area contributed by atoms with Crippen molar-refractivity contribution in [3.05, 3.63) is 94.4 Å². The number of anilines is 2. The van der Waals surface area contributed by atoms with E-state index >= 15 is 0 Å². The molecule has 0 saturated carbocycles. The monoisotopic (exact) mass is 570 g/mol. The standard InChI is InChI=1S/C30H35AsN6O/c1-21(2)33-20-24-10-7-9-23(18-24)17-22(3)31-29-32-14-13-27(35-29)36-15-8-16-37-28(38)19-26(34-30(36)37)25-11-5-4-6-12-25/h4-7,9-14,18-19,21-22,31,33H,8,15-17,20H2,1-3H3. The molecule has 3 heterocycles. The summed E-state index contributed by atoms with van der Waals surface area (Å²) >= 11 is -0.562. The minimum atomic E-state index is -0.562. The molecule has 2 atom stereocenters. The molecule has 1 aliphatic heterocycles. The first kappa shape index (κ1) is 26.3. The van der Waals surface area contributed by atoms with Crippen LogP contribution in [0.15, 0.2) is 77.7 Å². The average Bonchev–Trinajstić information content (AvgIpc) is 2.92. The molecule has 2 unspecified atom stereocenters. The second-order valence-corrected chi connectivity index (χ2v) is 13.8. The van der Waals surface area contributed by atoms with Crippen molar-refractivity contribution in [3.8, 4) is 11.3 Å². The van der Waals surface area contributed by atoms with Gasteiger partial charge < -0.3 is 0 Å². The van der Waals surface area contributed by atoms with E-state index in [-0.39, 0.29) is 5.56 Å². The summed E-state index contributed by atoms with van der Waals surface area (Å²) in [6.07, 6.45) is 3.74. The van der Waals surface area contributed by atoms with Crippen molar-refractivity contribution in [3.63, 3.8) is 0 Å². The molecule has 1 aliphatic rings. The fraction of sp³-hybridized carbons (Fsp3) is 0.333. The normalized spacial score (nSPS) is 14.3. The molecule has 4 aromatic rings. The second kappa shape index (κ2) is 12.1. The molecular formula is C30H35AsN6O. The second-order valence-electron chi connectivity index (χ2n) is 10.1. The Bertz CT molecular complexity index is 1440. The van der Waals surface area contributed by atoms with Gasteiger partial charge in [0, 0.05) is 0 Å². The van der Waals surface area contributed by atoms with Gasteiger partial charge in [-0.1, -0.05) is 0 Å². The molecule has 8 heteroatoms. The van der Waals surface area contributed by atoms with E-state index in [0.29, 0.717) is 28.9 Å². The van der Waals surface area contributed by atoms with Crippen molar-refractivity contribution in [2.24, 2.45) is 0 Å². The maximum absolute atomic E-state index is 13.0. The van der Waals surface area contributed by atoms with E-state index in [1.54, 1.807) is 10.6 Å². The number of nitrogens with one attached hydrogen (secondary N) is 1. The fourth-order valence-electron chi connectivity index (χ4n) is 4.75. The summed E-state index contributed by atoms with van der Waals surface area (Å²) in [7, 11) is 0. The maximum atomic E-state index is 13.0. The third-order valence-corrected chi connectivity index (χ3v) is 9.11. The van der Waals surface area contributed by atoms with Crippen LogP contribution in [0.1, 0.15) is 38.3 Å². The van der Waals surface area contributed by atoms with Crippen molar-refractivity contribution in [1.29, 1.82) is 0 Å². The molecule has 0 fully saturated rings. The van der Waals surface area contributed by atoms with Gasteiger partial charge in [0.15, 0.2) is 0 Å². The van der Waals surface area contributed by atoms with Gasteiger partial charge in [0.05, 0.1) is 0 Å². The topological polar surface area (TPSA) is 75.9 Å². The molecule has 1 N–H and O–H groups in total. The van der Waals surface area contributed by atoms with Gasteiger partial charge in [-0.05, 0) is 0 Å². The Morgan fingerprint density at radius 1 is 0.947 bits per heavy atom. The number of fused-ring (bicyclic) bond motifs is 1. The van der Waals surface area contributed by atoms with Gasteiger partial charge >= 0.3 is 232 Å². The van der Waals surface area contributed by atoms with Crippen molar-refractivity contribution in [2.45, 2.75) is 57.4 Å². The van der Waals surface area contributed by atoms with Crippen LogP contribution in [0, 0.1) is 0 Å². The van der Waals surface area contributed by atoms with Gasteiger partial charge in [-0.3, -0.25) is 0 Å². The molecule has 0 bridgehead atoms. The van der Waals surface area contributed by atoms with E-state index in [1.807, 2.05) is 42.6 Å². The number of aromatic nitrogens is 4. The third kappa shape index (κ3) is 6.40. The van der Waals surface area contributed by atoms with Crippen LogP contribution in [0.2, 0.25) is 4.71 Å². The molecule has 7 nitrogen and oxygen atoms in total. The molecule has 0 spiro atoms. The van der Waals surface area contributed by atoms with Crippen LogP contribution < -0.4 is 20.4 Å². The van der Waals surface area contributed by atoms with Crippen LogP contribution in [0.4, 0.5) is 11.8 Å². The number of benzene rings is 2. The van der Waals surface area contributed by atoms with Gasteiger partial charge in [-0.25, -0.2) is 0 Å². The van der Waals surface area contributed by atoms with Crippen LogP contribution in [0.25, 0.3) is 11.3 Å². The van der Waals surface area contributed by atoms with Crippen molar-refractivity contribution in [1.82, 2.24) is 24.8 Å². The van der Waals surface area contributed by atoms with Gasteiger partial charge in [-0.15, -0.1) is 0 Å². The molecule has 5 rings (SSSR count). The van der Waals surface area contributed by atoms with E-state index in [4.69, 9.17) is 9.97 Å². The van der Waals surface area contributed by atoms with Gasteiger partial charge in [0.2, 0.25) is 0 Å². The Balaban J connectivity index is 1.34. The number of hydrogen-bond acceptors (Lipinski definition) is 6. The summed E-state index contributed by atoms with van der Waals surface area (Å²) in [4.78, 5) is 29.6. The summed E-state index contributed by atoms with van der Waals surface area (Å²) < 4.78 is 3.21. The van der Waals surface area contributed by atoms with Gasteiger partial charge in [0.1, 0.15) is 0 Å². The zero-order chi connectivity index (χ0) is 26.5. The third-order valence-electron chi connectivity index (χ3n) is 6.60. The molecule has 0 radical (unpaired) electrons. The van der Waals surface area contributed by atoms with E-state index in [0.717, 1.165) is 41.9 Å². The summed E-state index contributed by atoms with van der Waals surface area (Å²) in [5, 5.41) is 3.50.